The van der Waals surface area contributed by atoms with Gasteiger partial charge in [-0.15, -0.1) is 0 Å². The van der Waals surface area contributed by atoms with Crippen molar-refractivity contribution < 1.29 is 0 Å². The number of thioether (sulfide) groups is 1. The molecule has 0 aromatic carbocycles. The zero-order chi connectivity index (χ0) is 9.07. The summed E-state index contributed by atoms with van der Waals surface area (Å²) in [4.78, 5) is 2.24. The first-order chi connectivity index (χ1) is 4.81. The van der Waals surface area contributed by atoms with Crippen molar-refractivity contribution in [3.8, 4) is 0 Å². The van der Waals surface area contributed by atoms with Crippen LogP contribution in [0.1, 0.15) is 27.7 Å². The van der Waals surface area contributed by atoms with Crippen LogP contribution in [0.2, 0.25) is 0 Å². The summed E-state index contributed by atoms with van der Waals surface area (Å²) >= 11 is 2.04. The minimum absolute atomic E-state index is 0.398. The van der Waals surface area contributed by atoms with Crippen LogP contribution in [-0.4, -0.2) is 35.5 Å². The molecule has 0 amide bonds. The molecule has 0 bridgehead atoms. The Morgan fingerprint density at radius 2 is 1.73 bits per heavy atom. The highest BCUT2D eigenvalue weighted by atomic mass is 32.2. The van der Waals surface area contributed by atoms with Crippen LogP contribution < -0.4 is 0 Å². The standard InChI is InChI=1S/C9H21NS/c1-8(7-10(5)6)11-9(2,3)4/h8H,7H2,1-6H3/t8-/m1/s1. The predicted octanol–water partition coefficient (Wildman–Crippen LogP) is 2.47. The second-order valence-electron chi connectivity index (χ2n) is 4.30. The Morgan fingerprint density at radius 1 is 1.27 bits per heavy atom. The number of hydrogen-bond acceptors (Lipinski definition) is 2. The van der Waals surface area contributed by atoms with Gasteiger partial charge in [-0.3, -0.25) is 0 Å². The largest absolute Gasteiger partial charge is 0.308 e. The molecule has 0 spiro atoms. The smallest absolute Gasteiger partial charge is 0.0151 e. The fourth-order valence-electron chi connectivity index (χ4n) is 1.16. The second kappa shape index (κ2) is 4.36. The molecule has 2 heteroatoms. The average molecular weight is 175 g/mol. The average Bonchev–Trinajstić information content (AvgIpc) is 1.53. The van der Waals surface area contributed by atoms with Gasteiger partial charge in [0.1, 0.15) is 0 Å². The van der Waals surface area contributed by atoms with Gasteiger partial charge in [-0.25, -0.2) is 0 Å². The van der Waals surface area contributed by atoms with E-state index in [4.69, 9.17) is 0 Å². The summed E-state index contributed by atoms with van der Waals surface area (Å²) in [5, 5.41) is 0.727. The van der Waals surface area contributed by atoms with Crippen molar-refractivity contribution in [2.45, 2.75) is 37.7 Å². The van der Waals surface area contributed by atoms with Crippen molar-refractivity contribution in [2.75, 3.05) is 20.6 Å². The highest BCUT2D eigenvalue weighted by molar-refractivity contribution is 8.01. The van der Waals surface area contributed by atoms with Crippen molar-refractivity contribution in [1.29, 1.82) is 0 Å². The van der Waals surface area contributed by atoms with Crippen LogP contribution in [0.4, 0.5) is 0 Å². The van der Waals surface area contributed by atoms with Crippen molar-refractivity contribution >= 4 is 11.8 Å². The minimum Gasteiger partial charge on any atom is -0.308 e. The molecule has 1 nitrogen and oxygen atoms in total. The molecule has 11 heavy (non-hydrogen) atoms. The Bertz CT molecular complexity index is 105. The fourth-order valence-corrected chi connectivity index (χ4v) is 2.73. The van der Waals surface area contributed by atoms with Crippen molar-refractivity contribution in [1.82, 2.24) is 4.90 Å². The first kappa shape index (κ1) is 11.3. The lowest BCUT2D eigenvalue weighted by atomic mass is 10.3. The van der Waals surface area contributed by atoms with Gasteiger partial charge in [0.05, 0.1) is 0 Å². The Morgan fingerprint density at radius 3 is 2.00 bits per heavy atom. The van der Waals surface area contributed by atoms with Crippen LogP contribution in [0.15, 0.2) is 0 Å². The van der Waals surface area contributed by atoms with Gasteiger partial charge in [0.25, 0.3) is 0 Å². The summed E-state index contributed by atoms with van der Waals surface area (Å²) in [5.74, 6) is 0. The fraction of sp³-hybridized carbons (Fsp3) is 1.00. The number of nitrogens with zero attached hydrogens (tertiary/aromatic N) is 1. The summed E-state index contributed by atoms with van der Waals surface area (Å²) in [6.45, 7) is 10.3. The molecule has 0 rings (SSSR count). The van der Waals surface area contributed by atoms with Crippen LogP contribution in [0, 0.1) is 0 Å². The van der Waals surface area contributed by atoms with Crippen LogP contribution >= 0.6 is 11.8 Å². The summed E-state index contributed by atoms with van der Waals surface area (Å²) in [6.07, 6.45) is 0. The molecule has 0 N–H and O–H groups in total. The van der Waals surface area contributed by atoms with Crippen molar-refractivity contribution in [3.05, 3.63) is 0 Å². The van der Waals surface area contributed by atoms with Gasteiger partial charge in [0, 0.05) is 16.5 Å². The lowest BCUT2D eigenvalue weighted by Gasteiger charge is -2.24. The highest BCUT2D eigenvalue weighted by Gasteiger charge is 2.15. The van der Waals surface area contributed by atoms with Gasteiger partial charge in [-0.1, -0.05) is 27.7 Å². The zero-order valence-electron chi connectivity index (χ0n) is 8.64. The monoisotopic (exact) mass is 175 g/mol. The van der Waals surface area contributed by atoms with Crippen molar-refractivity contribution in [3.63, 3.8) is 0 Å². The van der Waals surface area contributed by atoms with Gasteiger partial charge in [-0.2, -0.15) is 11.8 Å². The third-order valence-corrected chi connectivity index (χ3v) is 2.44. The van der Waals surface area contributed by atoms with E-state index < -0.39 is 0 Å². The minimum atomic E-state index is 0.398. The summed E-state index contributed by atoms with van der Waals surface area (Å²) in [7, 11) is 4.25. The van der Waals surface area contributed by atoms with E-state index in [2.05, 4.69) is 46.7 Å². The van der Waals surface area contributed by atoms with E-state index in [1.807, 2.05) is 11.8 Å². The van der Waals surface area contributed by atoms with E-state index in [9.17, 15) is 0 Å². The molecule has 1 atom stereocenters. The van der Waals surface area contributed by atoms with E-state index in [-0.39, 0.29) is 0 Å². The molecule has 0 aromatic rings. The summed E-state index contributed by atoms with van der Waals surface area (Å²) < 4.78 is 0.398. The molecular weight excluding hydrogens is 154 g/mol. The maximum Gasteiger partial charge on any atom is 0.0151 e. The topological polar surface area (TPSA) is 3.24 Å². The first-order valence-corrected chi connectivity index (χ1v) is 5.02. The van der Waals surface area contributed by atoms with Gasteiger partial charge >= 0.3 is 0 Å². The molecule has 0 aliphatic carbocycles. The molecule has 0 aliphatic rings. The Hall–Kier alpha value is 0.310. The van der Waals surface area contributed by atoms with Gasteiger partial charge in [0.15, 0.2) is 0 Å². The van der Waals surface area contributed by atoms with Crippen LogP contribution in [0.5, 0.6) is 0 Å². The lowest BCUT2D eigenvalue weighted by Crippen LogP contribution is -2.25. The second-order valence-corrected chi connectivity index (χ2v) is 6.57. The highest BCUT2D eigenvalue weighted by Crippen LogP contribution is 2.27. The molecule has 0 heterocycles. The third kappa shape index (κ3) is 8.21. The van der Waals surface area contributed by atoms with E-state index >= 15 is 0 Å². The maximum absolute atomic E-state index is 2.29. The van der Waals surface area contributed by atoms with E-state index in [1.165, 1.54) is 6.54 Å². The van der Waals surface area contributed by atoms with E-state index in [0.717, 1.165) is 5.25 Å². The Labute approximate surface area is 75.5 Å². The van der Waals surface area contributed by atoms with Crippen LogP contribution in [0.3, 0.4) is 0 Å². The molecule has 0 unspecified atom stereocenters. The third-order valence-electron chi connectivity index (χ3n) is 1.18. The molecular formula is C9H21NS. The Balaban J connectivity index is 3.61. The Kier molecular flexibility index (Phi) is 4.49. The number of rotatable bonds is 3. The number of hydrogen-bond donors (Lipinski definition) is 0. The quantitative estimate of drug-likeness (QED) is 0.648. The van der Waals surface area contributed by atoms with E-state index in [1.54, 1.807) is 0 Å². The SMILES string of the molecule is C[C@H](CN(C)C)SC(C)(C)C. The van der Waals surface area contributed by atoms with Crippen LogP contribution in [0.25, 0.3) is 0 Å². The van der Waals surface area contributed by atoms with Crippen molar-refractivity contribution in [2.24, 2.45) is 0 Å². The molecule has 0 aromatic heterocycles. The summed E-state index contributed by atoms with van der Waals surface area (Å²) in [6, 6.07) is 0. The normalized spacial score (nSPS) is 15.5. The molecule has 0 radical (unpaired) electrons. The molecule has 68 valence electrons. The van der Waals surface area contributed by atoms with Gasteiger partial charge < -0.3 is 4.90 Å². The molecule has 0 aliphatic heterocycles. The molecule has 0 fully saturated rings. The van der Waals surface area contributed by atoms with Gasteiger partial charge in [0.2, 0.25) is 0 Å². The summed E-state index contributed by atoms with van der Waals surface area (Å²) in [5.41, 5.74) is 0. The first-order valence-electron chi connectivity index (χ1n) is 4.14. The predicted molar refractivity (Wildman–Crippen MR) is 55.4 cm³/mol. The zero-order valence-corrected chi connectivity index (χ0v) is 9.46. The maximum atomic E-state index is 2.29. The van der Waals surface area contributed by atoms with Crippen LogP contribution in [-0.2, 0) is 0 Å². The molecule has 0 saturated carbocycles. The van der Waals surface area contributed by atoms with Gasteiger partial charge in [-0.05, 0) is 14.1 Å². The lowest BCUT2D eigenvalue weighted by molar-refractivity contribution is 0.413. The van der Waals surface area contributed by atoms with E-state index in [0.29, 0.717) is 4.75 Å². The molecule has 0 saturated heterocycles.